The number of carbonyl (C=O) groups excluding carboxylic acids is 1. The number of morpholine rings is 1. The molecule has 1 aromatic carbocycles. The SMILES string of the molecule is CC[C@H](C(=O)N1CCOCC1)n1c2ccccc2c2cnn(C)c(=O)c21. The highest BCUT2D eigenvalue weighted by Crippen LogP contribution is 2.31. The van der Waals surface area contributed by atoms with Gasteiger partial charge >= 0.3 is 0 Å². The van der Waals surface area contributed by atoms with E-state index in [0.717, 1.165) is 16.3 Å². The summed E-state index contributed by atoms with van der Waals surface area (Å²) >= 11 is 0. The van der Waals surface area contributed by atoms with Crippen molar-refractivity contribution >= 4 is 27.7 Å². The van der Waals surface area contributed by atoms with Crippen LogP contribution in [0.5, 0.6) is 0 Å². The average Bonchev–Trinajstić information content (AvgIpc) is 3.01. The number of hydrogen-bond donors (Lipinski definition) is 0. The van der Waals surface area contributed by atoms with Crippen molar-refractivity contribution in [2.45, 2.75) is 19.4 Å². The first-order chi connectivity index (χ1) is 12.6. The standard InChI is InChI=1S/C19H22N4O3/c1-3-15(18(24)22-8-10-26-11-9-22)23-16-7-5-4-6-13(16)14-12-20-21(2)19(25)17(14)23/h4-7,12,15H,3,8-11H2,1-2H3/t15-/m1/s1. The van der Waals surface area contributed by atoms with Gasteiger partial charge < -0.3 is 14.2 Å². The molecule has 0 bridgehead atoms. The third-order valence-electron chi connectivity index (χ3n) is 5.11. The molecule has 2 aromatic heterocycles. The molecule has 1 aliphatic rings. The number of nitrogens with zero attached hydrogens (tertiary/aromatic N) is 4. The van der Waals surface area contributed by atoms with Crippen LogP contribution in [0.2, 0.25) is 0 Å². The Hall–Kier alpha value is -2.67. The summed E-state index contributed by atoms with van der Waals surface area (Å²) in [5, 5.41) is 5.90. The van der Waals surface area contributed by atoms with Crippen molar-refractivity contribution in [3.8, 4) is 0 Å². The lowest BCUT2D eigenvalue weighted by molar-refractivity contribution is -0.138. The van der Waals surface area contributed by atoms with Crippen molar-refractivity contribution in [2.24, 2.45) is 7.05 Å². The van der Waals surface area contributed by atoms with Crippen LogP contribution in [0.1, 0.15) is 19.4 Å². The Kier molecular flexibility index (Phi) is 4.24. The molecule has 0 spiro atoms. The molecule has 1 fully saturated rings. The number of amides is 1. The summed E-state index contributed by atoms with van der Waals surface area (Å²) in [5.74, 6) is 0.0392. The second kappa shape index (κ2) is 6.57. The zero-order valence-corrected chi connectivity index (χ0v) is 15.0. The topological polar surface area (TPSA) is 69.4 Å². The van der Waals surface area contributed by atoms with Gasteiger partial charge in [0, 0.05) is 30.9 Å². The molecule has 26 heavy (non-hydrogen) atoms. The summed E-state index contributed by atoms with van der Waals surface area (Å²) in [6.07, 6.45) is 2.32. The second-order valence-corrected chi connectivity index (χ2v) is 6.58. The molecule has 7 heteroatoms. The van der Waals surface area contributed by atoms with Crippen molar-refractivity contribution in [1.29, 1.82) is 0 Å². The molecule has 1 aliphatic heterocycles. The van der Waals surface area contributed by atoms with Crippen molar-refractivity contribution < 1.29 is 9.53 Å². The maximum absolute atomic E-state index is 13.2. The summed E-state index contributed by atoms with van der Waals surface area (Å²) in [5.41, 5.74) is 1.24. The Bertz CT molecular complexity index is 1030. The number of hydrogen-bond acceptors (Lipinski definition) is 4. The molecule has 0 N–H and O–H groups in total. The van der Waals surface area contributed by atoms with Crippen LogP contribution in [0.15, 0.2) is 35.3 Å². The molecular formula is C19H22N4O3. The van der Waals surface area contributed by atoms with Gasteiger partial charge in [-0.1, -0.05) is 25.1 Å². The van der Waals surface area contributed by atoms with Crippen LogP contribution in [0.25, 0.3) is 21.8 Å². The largest absolute Gasteiger partial charge is 0.378 e. The van der Waals surface area contributed by atoms with E-state index in [1.165, 1.54) is 4.68 Å². The van der Waals surface area contributed by atoms with Crippen LogP contribution in [0.3, 0.4) is 0 Å². The highest BCUT2D eigenvalue weighted by Gasteiger charge is 2.29. The molecule has 0 radical (unpaired) electrons. The third-order valence-corrected chi connectivity index (χ3v) is 5.11. The quantitative estimate of drug-likeness (QED) is 0.718. The lowest BCUT2D eigenvalue weighted by Crippen LogP contribution is -2.44. The van der Waals surface area contributed by atoms with Gasteiger partial charge in [0.25, 0.3) is 5.56 Å². The Morgan fingerprint density at radius 1 is 1.23 bits per heavy atom. The monoisotopic (exact) mass is 354 g/mol. The van der Waals surface area contributed by atoms with Crippen LogP contribution in [-0.2, 0) is 16.6 Å². The molecule has 4 rings (SSSR count). The van der Waals surface area contributed by atoms with Gasteiger partial charge in [0.15, 0.2) is 0 Å². The van der Waals surface area contributed by atoms with Gasteiger partial charge in [-0.25, -0.2) is 4.68 Å². The summed E-state index contributed by atoms with van der Waals surface area (Å²) in [4.78, 5) is 27.9. The predicted molar refractivity (Wildman–Crippen MR) is 99.2 cm³/mol. The van der Waals surface area contributed by atoms with Gasteiger partial charge in [0.1, 0.15) is 11.6 Å². The summed E-state index contributed by atoms with van der Waals surface area (Å²) < 4.78 is 8.60. The fourth-order valence-corrected chi connectivity index (χ4v) is 3.77. The minimum absolute atomic E-state index is 0.0392. The van der Waals surface area contributed by atoms with Gasteiger partial charge in [-0.05, 0) is 12.5 Å². The molecule has 7 nitrogen and oxygen atoms in total. The lowest BCUT2D eigenvalue weighted by atomic mass is 10.1. The number of aryl methyl sites for hydroxylation is 1. The van der Waals surface area contributed by atoms with Crippen molar-refractivity contribution in [3.63, 3.8) is 0 Å². The van der Waals surface area contributed by atoms with Crippen molar-refractivity contribution in [1.82, 2.24) is 19.2 Å². The first-order valence-corrected chi connectivity index (χ1v) is 8.95. The number of fused-ring (bicyclic) bond motifs is 3. The number of rotatable bonds is 3. The lowest BCUT2D eigenvalue weighted by Gasteiger charge is -2.31. The molecule has 3 aromatic rings. The number of carbonyl (C=O) groups is 1. The zero-order valence-electron chi connectivity index (χ0n) is 15.0. The highest BCUT2D eigenvalue weighted by molar-refractivity contribution is 6.08. The molecule has 0 saturated carbocycles. The van der Waals surface area contributed by atoms with E-state index in [-0.39, 0.29) is 11.5 Å². The van der Waals surface area contributed by atoms with E-state index in [1.807, 2.05) is 40.7 Å². The fourth-order valence-electron chi connectivity index (χ4n) is 3.77. The van der Waals surface area contributed by atoms with Crippen LogP contribution in [0.4, 0.5) is 0 Å². The van der Waals surface area contributed by atoms with E-state index in [4.69, 9.17) is 4.74 Å². The molecule has 0 aliphatic carbocycles. The first-order valence-electron chi connectivity index (χ1n) is 8.95. The second-order valence-electron chi connectivity index (χ2n) is 6.58. The Morgan fingerprint density at radius 3 is 2.69 bits per heavy atom. The van der Waals surface area contributed by atoms with E-state index in [9.17, 15) is 9.59 Å². The van der Waals surface area contributed by atoms with Gasteiger partial charge in [0.2, 0.25) is 5.91 Å². The molecule has 1 atom stereocenters. The Balaban J connectivity index is 1.96. The normalized spacial score (nSPS) is 16.3. The molecule has 1 amide bonds. The van der Waals surface area contributed by atoms with E-state index in [0.29, 0.717) is 38.2 Å². The molecular weight excluding hydrogens is 332 g/mol. The molecule has 136 valence electrons. The number of benzene rings is 1. The zero-order chi connectivity index (χ0) is 18.3. The van der Waals surface area contributed by atoms with Crippen LogP contribution in [-0.4, -0.2) is 51.5 Å². The average molecular weight is 354 g/mol. The molecule has 0 unspecified atom stereocenters. The number of aromatic nitrogens is 3. The van der Waals surface area contributed by atoms with Crippen LogP contribution in [0, 0.1) is 0 Å². The maximum Gasteiger partial charge on any atom is 0.291 e. The van der Waals surface area contributed by atoms with Gasteiger partial charge in [-0.15, -0.1) is 0 Å². The van der Waals surface area contributed by atoms with E-state index in [1.54, 1.807) is 13.2 Å². The predicted octanol–water partition coefficient (Wildman–Crippen LogP) is 1.70. The summed E-state index contributed by atoms with van der Waals surface area (Å²) in [6.45, 7) is 4.27. The highest BCUT2D eigenvalue weighted by atomic mass is 16.5. The minimum atomic E-state index is -0.425. The minimum Gasteiger partial charge on any atom is -0.378 e. The smallest absolute Gasteiger partial charge is 0.291 e. The van der Waals surface area contributed by atoms with Crippen molar-refractivity contribution in [3.05, 3.63) is 40.8 Å². The van der Waals surface area contributed by atoms with Crippen molar-refractivity contribution in [2.75, 3.05) is 26.3 Å². The summed E-state index contributed by atoms with van der Waals surface area (Å²) in [6, 6.07) is 7.38. The Morgan fingerprint density at radius 2 is 1.96 bits per heavy atom. The van der Waals surface area contributed by atoms with Gasteiger partial charge in [0.05, 0.1) is 24.9 Å². The third kappa shape index (κ3) is 2.50. The van der Waals surface area contributed by atoms with Gasteiger partial charge in [-0.3, -0.25) is 9.59 Å². The summed E-state index contributed by atoms with van der Waals surface area (Å²) in [7, 11) is 1.63. The van der Waals surface area contributed by atoms with Crippen LogP contribution >= 0.6 is 0 Å². The van der Waals surface area contributed by atoms with E-state index >= 15 is 0 Å². The van der Waals surface area contributed by atoms with E-state index < -0.39 is 6.04 Å². The molecule has 1 saturated heterocycles. The number of ether oxygens (including phenoxy) is 1. The Labute approximate surface area is 150 Å². The van der Waals surface area contributed by atoms with Gasteiger partial charge in [-0.2, -0.15) is 5.10 Å². The van der Waals surface area contributed by atoms with Crippen LogP contribution < -0.4 is 5.56 Å². The maximum atomic E-state index is 13.2. The number of para-hydroxylation sites is 1. The molecule has 3 heterocycles. The fraction of sp³-hybridized carbons (Fsp3) is 0.421. The first kappa shape index (κ1) is 16.8. The van der Waals surface area contributed by atoms with E-state index in [2.05, 4.69) is 5.10 Å².